The fourth-order valence-corrected chi connectivity index (χ4v) is 2.56. The Kier molecular flexibility index (Phi) is 4.74. The smallest absolute Gasteiger partial charge is 0.225 e. The third-order valence-electron chi connectivity index (χ3n) is 2.90. The van der Waals surface area contributed by atoms with E-state index in [0.717, 1.165) is 10.4 Å². The van der Waals surface area contributed by atoms with Crippen LogP contribution in [0.4, 0.5) is 10.1 Å². The summed E-state index contributed by atoms with van der Waals surface area (Å²) >= 11 is 1.55. The molecule has 1 aromatic carbocycles. The molecule has 20 heavy (non-hydrogen) atoms. The molecule has 1 amide bonds. The Morgan fingerprint density at radius 1 is 1.35 bits per heavy atom. The highest BCUT2D eigenvalue weighted by Gasteiger charge is 2.07. The van der Waals surface area contributed by atoms with Crippen LogP contribution in [-0.2, 0) is 17.8 Å². The zero-order chi connectivity index (χ0) is 14.5. The normalized spacial score (nSPS) is 10.3. The highest BCUT2D eigenvalue weighted by Crippen LogP contribution is 2.18. The van der Waals surface area contributed by atoms with Gasteiger partial charge in [-0.1, -0.05) is 12.1 Å². The second-order valence-corrected chi connectivity index (χ2v) is 5.75. The summed E-state index contributed by atoms with van der Waals surface area (Å²) in [6.07, 6.45) is 0.371. The van der Waals surface area contributed by atoms with Crippen molar-refractivity contribution in [2.24, 2.45) is 0 Å². The molecule has 0 unspecified atom stereocenters. The van der Waals surface area contributed by atoms with Crippen LogP contribution in [0, 0.1) is 5.82 Å². The number of benzene rings is 1. The third kappa shape index (κ3) is 3.81. The van der Waals surface area contributed by atoms with Crippen LogP contribution in [0.2, 0.25) is 0 Å². The maximum Gasteiger partial charge on any atom is 0.225 e. The van der Waals surface area contributed by atoms with Crippen molar-refractivity contribution in [1.29, 1.82) is 0 Å². The average molecular weight is 292 g/mol. The molecule has 5 heteroatoms. The molecule has 0 aliphatic heterocycles. The molecule has 0 fully saturated rings. The fourth-order valence-electron chi connectivity index (χ4n) is 1.86. The number of rotatable bonds is 5. The molecule has 0 spiro atoms. The first-order chi connectivity index (χ1) is 9.56. The van der Waals surface area contributed by atoms with E-state index in [9.17, 15) is 9.18 Å². The Balaban J connectivity index is 1.91. The Bertz CT molecular complexity index is 582. The number of hydrogen-bond donors (Lipinski definition) is 1. The van der Waals surface area contributed by atoms with Gasteiger partial charge in [0, 0.05) is 25.5 Å². The number of carbonyl (C=O) groups excluding carboxylic acids is 1. The lowest BCUT2D eigenvalue weighted by Gasteiger charge is -2.14. The molecule has 0 aliphatic carbocycles. The largest absolute Gasteiger partial charge is 0.375 e. The highest BCUT2D eigenvalue weighted by atomic mass is 32.1. The van der Waals surface area contributed by atoms with Crippen molar-refractivity contribution in [2.75, 3.05) is 19.0 Å². The zero-order valence-corrected chi connectivity index (χ0v) is 12.3. The van der Waals surface area contributed by atoms with Gasteiger partial charge in [0.1, 0.15) is 5.82 Å². The SMILES string of the molecule is CN(C)c1ccc(CNC(=O)Cc2cccs2)cc1F. The van der Waals surface area contributed by atoms with Crippen molar-refractivity contribution in [3.05, 3.63) is 52.0 Å². The minimum absolute atomic E-state index is 0.0513. The first kappa shape index (κ1) is 14.5. The van der Waals surface area contributed by atoms with Gasteiger partial charge in [-0.25, -0.2) is 4.39 Å². The second kappa shape index (κ2) is 6.52. The van der Waals surface area contributed by atoms with E-state index in [0.29, 0.717) is 18.7 Å². The molecule has 106 valence electrons. The lowest BCUT2D eigenvalue weighted by molar-refractivity contribution is -0.120. The summed E-state index contributed by atoms with van der Waals surface area (Å²) in [5.74, 6) is -0.329. The van der Waals surface area contributed by atoms with E-state index in [1.807, 2.05) is 23.6 Å². The van der Waals surface area contributed by atoms with Gasteiger partial charge >= 0.3 is 0 Å². The van der Waals surface area contributed by atoms with Crippen molar-refractivity contribution in [1.82, 2.24) is 5.32 Å². The van der Waals surface area contributed by atoms with E-state index in [2.05, 4.69) is 5.32 Å². The van der Waals surface area contributed by atoms with Gasteiger partial charge in [-0.3, -0.25) is 4.79 Å². The number of hydrogen-bond acceptors (Lipinski definition) is 3. The molecule has 3 nitrogen and oxygen atoms in total. The van der Waals surface area contributed by atoms with Crippen LogP contribution in [0.3, 0.4) is 0 Å². The van der Waals surface area contributed by atoms with Crippen molar-refractivity contribution in [3.8, 4) is 0 Å². The van der Waals surface area contributed by atoms with Gasteiger partial charge in [-0.05, 0) is 29.1 Å². The van der Waals surface area contributed by atoms with E-state index in [1.54, 1.807) is 36.4 Å². The van der Waals surface area contributed by atoms with Gasteiger partial charge in [0.15, 0.2) is 0 Å². The summed E-state index contributed by atoms with van der Waals surface area (Å²) < 4.78 is 13.8. The molecule has 1 aromatic heterocycles. The maximum atomic E-state index is 13.8. The molecular weight excluding hydrogens is 275 g/mol. The lowest BCUT2D eigenvalue weighted by atomic mass is 10.2. The van der Waals surface area contributed by atoms with Crippen molar-refractivity contribution in [2.45, 2.75) is 13.0 Å². The molecule has 0 saturated heterocycles. The third-order valence-corrected chi connectivity index (χ3v) is 3.77. The summed E-state index contributed by atoms with van der Waals surface area (Å²) in [5.41, 5.74) is 1.30. The van der Waals surface area contributed by atoms with Crippen LogP contribution in [0.5, 0.6) is 0 Å². The molecule has 1 heterocycles. The summed E-state index contributed by atoms with van der Waals surface area (Å²) in [6, 6.07) is 8.85. The number of nitrogens with zero attached hydrogens (tertiary/aromatic N) is 1. The molecule has 0 atom stereocenters. The topological polar surface area (TPSA) is 32.3 Å². The van der Waals surface area contributed by atoms with Crippen LogP contribution in [0.1, 0.15) is 10.4 Å². The molecule has 1 N–H and O–H groups in total. The predicted octanol–water partition coefficient (Wildman–Crippen LogP) is 2.81. The fraction of sp³-hybridized carbons (Fsp3) is 0.267. The van der Waals surface area contributed by atoms with Crippen LogP contribution in [-0.4, -0.2) is 20.0 Å². The van der Waals surface area contributed by atoms with Crippen LogP contribution in [0.25, 0.3) is 0 Å². The summed E-state index contributed by atoms with van der Waals surface area (Å²) in [4.78, 5) is 14.5. The zero-order valence-electron chi connectivity index (χ0n) is 11.5. The van der Waals surface area contributed by atoms with E-state index < -0.39 is 0 Å². The Morgan fingerprint density at radius 3 is 2.75 bits per heavy atom. The van der Waals surface area contributed by atoms with E-state index >= 15 is 0 Å². The average Bonchev–Trinajstić information content (AvgIpc) is 2.89. The highest BCUT2D eigenvalue weighted by molar-refractivity contribution is 7.10. The molecule has 0 radical (unpaired) electrons. The van der Waals surface area contributed by atoms with Gasteiger partial charge < -0.3 is 10.2 Å². The van der Waals surface area contributed by atoms with Crippen LogP contribution >= 0.6 is 11.3 Å². The molecular formula is C15H17FN2OS. The quantitative estimate of drug-likeness (QED) is 0.919. The number of amides is 1. The minimum atomic E-state index is -0.278. The first-order valence-electron chi connectivity index (χ1n) is 6.31. The molecule has 0 bridgehead atoms. The van der Waals surface area contributed by atoms with Crippen molar-refractivity contribution >= 4 is 22.9 Å². The number of anilines is 1. The molecule has 2 rings (SSSR count). The van der Waals surface area contributed by atoms with Crippen molar-refractivity contribution < 1.29 is 9.18 Å². The minimum Gasteiger partial charge on any atom is -0.375 e. The maximum absolute atomic E-state index is 13.8. The van der Waals surface area contributed by atoms with Crippen LogP contribution < -0.4 is 10.2 Å². The van der Waals surface area contributed by atoms with Gasteiger partial charge in [-0.15, -0.1) is 11.3 Å². The molecule has 0 saturated carbocycles. The Labute approximate surface area is 122 Å². The summed E-state index contributed by atoms with van der Waals surface area (Å²) in [5, 5.41) is 4.74. The second-order valence-electron chi connectivity index (χ2n) is 4.71. The number of thiophene rings is 1. The summed E-state index contributed by atoms with van der Waals surface area (Å²) in [6.45, 7) is 0.342. The van der Waals surface area contributed by atoms with Gasteiger partial charge in [-0.2, -0.15) is 0 Å². The lowest BCUT2D eigenvalue weighted by Crippen LogP contribution is -2.24. The Hall–Kier alpha value is -1.88. The standard InChI is InChI=1S/C15H17FN2OS/c1-18(2)14-6-5-11(8-13(14)16)10-17-15(19)9-12-4-3-7-20-12/h3-8H,9-10H2,1-2H3,(H,17,19). The predicted molar refractivity (Wildman–Crippen MR) is 80.6 cm³/mol. The van der Waals surface area contributed by atoms with E-state index in [1.165, 1.54) is 6.07 Å². The Morgan fingerprint density at radius 2 is 2.15 bits per heavy atom. The molecule has 0 aliphatic rings. The van der Waals surface area contributed by atoms with Gasteiger partial charge in [0.05, 0.1) is 12.1 Å². The molecule has 2 aromatic rings. The summed E-state index contributed by atoms with van der Waals surface area (Å²) in [7, 11) is 3.59. The number of halogens is 1. The monoisotopic (exact) mass is 292 g/mol. The van der Waals surface area contributed by atoms with Crippen LogP contribution in [0.15, 0.2) is 35.7 Å². The van der Waals surface area contributed by atoms with Gasteiger partial charge in [0.2, 0.25) is 5.91 Å². The van der Waals surface area contributed by atoms with E-state index in [4.69, 9.17) is 0 Å². The van der Waals surface area contributed by atoms with Crippen molar-refractivity contribution in [3.63, 3.8) is 0 Å². The number of carbonyl (C=O) groups is 1. The number of nitrogens with one attached hydrogen (secondary N) is 1. The van der Waals surface area contributed by atoms with E-state index in [-0.39, 0.29) is 11.7 Å². The van der Waals surface area contributed by atoms with Gasteiger partial charge in [0.25, 0.3) is 0 Å². The first-order valence-corrected chi connectivity index (χ1v) is 7.19.